The largest absolute Gasteiger partial charge is 0.479 e. The van der Waals surface area contributed by atoms with Crippen molar-refractivity contribution in [2.75, 3.05) is 19.6 Å². The molecule has 1 aromatic carbocycles. The standard InChI is InChI=1S/C32H36N6O7S/c1-4-19-16-32(19,30(41)42)35-27(39)23-15-20(17-37(23)29(40)26(18(2)3)38(44)31(43)36-12-8-13-36)45-28-25(24-11-7-14-46-24)33-21-9-5-6-10-22(21)34-28/h4-7,9-11,14,18-20,23,26,44H,1,8,12-13,15-17H2,2-3H3,(H,35,39)(H,41,42)/t19-,20-,23+,26?,32?/m1/s1. The second-order valence-corrected chi connectivity index (χ2v) is 13.2. The molecule has 13 nitrogen and oxygen atoms in total. The van der Waals surface area contributed by atoms with Gasteiger partial charge >= 0.3 is 12.0 Å². The van der Waals surface area contributed by atoms with Gasteiger partial charge in [0.25, 0.3) is 0 Å². The van der Waals surface area contributed by atoms with Crippen LogP contribution in [0, 0.1) is 11.8 Å². The number of rotatable bonds is 10. The van der Waals surface area contributed by atoms with E-state index in [-0.39, 0.29) is 25.3 Å². The average Bonchev–Trinajstić information content (AvgIpc) is 3.31. The van der Waals surface area contributed by atoms with Crippen molar-refractivity contribution in [1.82, 2.24) is 30.1 Å². The topological polar surface area (TPSA) is 165 Å². The van der Waals surface area contributed by atoms with Crippen LogP contribution in [0.15, 0.2) is 54.4 Å². The lowest BCUT2D eigenvalue weighted by atomic mass is 10.0. The number of carbonyl (C=O) groups is 4. The number of para-hydroxylation sites is 2. The van der Waals surface area contributed by atoms with Crippen LogP contribution in [0.2, 0.25) is 0 Å². The summed E-state index contributed by atoms with van der Waals surface area (Å²) in [5.41, 5.74) is 0.272. The number of hydrogen-bond donors (Lipinski definition) is 3. The SMILES string of the molecule is C=C[C@@H]1CC1(NC(=O)[C@@H]1C[C@@H](Oc2nc3ccccc3nc2-c2cccs2)CN1C(=O)C(C(C)C)N(O)C(=O)N1CCC1)C(=O)O. The molecule has 6 rings (SSSR count). The minimum absolute atomic E-state index is 0.0146. The number of thiophene rings is 1. The van der Waals surface area contributed by atoms with E-state index in [1.54, 1.807) is 13.8 Å². The Labute approximate surface area is 269 Å². The number of carboxylic acids is 1. The van der Waals surface area contributed by atoms with Gasteiger partial charge in [-0.2, -0.15) is 5.06 Å². The summed E-state index contributed by atoms with van der Waals surface area (Å²) < 4.78 is 6.42. The van der Waals surface area contributed by atoms with Crippen LogP contribution in [0.1, 0.15) is 33.1 Å². The van der Waals surface area contributed by atoms with Gasteiger partial charge in [-0.15, -0.1) is 17.9 Å². The maximum atomic E-state index is 14.2. The quantitative estimate of drug-likeness (QED) is 0.170. The van der Waals surface area contributed by atoms with E-state index >= 15 is 0 Å². The van der Waals surface area contributed by atoms with Gasteiger partial charge in [0.2, 0.25) is 17.7 Å². The first-order valence-corrected chi connectivity index (χ1v) is 16.1. The maximum absolute atomic E-state index is 14.2. The zero-order valence-corrected chi connectivity index (χ0v) is 26.4. The number of likely N-dealkylation sites (tertiary alicyclic amines) is 2. The second-order valence-electron chi connectivity index (χ2n) is 12.3. The van der Waals surface area contributed by atoms with Crippen LogP contribution in [0.25, 0.3) is 21.6 Å². The van der Waals surface area contributed by atoms with Crippen molar-refractivity contribution in [3.05, 3.63) is 54.4 Å². The number of fused-ring (bicyclic) bond motifs is 1. The number of amides is 4. The van der Waals surface area contributed by atoms with Crippen LogP contribution in [-0.2, 0) is 14.4 Å². The van der Waals surface area contributed by atoms with Gasteiger partial charge in [0.05, 0.1) is 22.5 Å². The highest BCUT2D eigenvalue weighted by molar-refractivity contribution is 7.13. The molecule has 0 spiro atoms. The zero-order valence-electron chi connectivity index (χ0n) is 25.5. The number of ether oxygens (including phenoxy) is 1. The fourth-order valence-electron chi connectivity index (χ4n) is 6.10. The molecule has 2 unspecified atom stereocenters. The van der Waals surface area contributed by atoms with E-state index in [0.29, 0.717) is 34.9 Å². The van der Waals surface area contributed by atoms with Crippen LogP contribution >= 0.6 is 11.3 Å². The monoisotopic (exact) mass is 648 g/mol. The molecule has 4 heterocycles. The van der Waals surface area contributed by atoms with Gasteiger partial charge in [-0.25, -0.2) is 19.6 Å². The fourth-order valence-corrected chi connectivity index (χ4v) is 6.81. The number of benzene rings is 1. The van der Waals surface area contributed by atoms with Crippen molar-refractivity contribution < 1.29 is 34.2 Å². The lowest BCUT2D eigenvalue weighted by Crippen LogP contribution is -2.60. The van der Waals surface area contributed by atoms with Crippen LogP contribution in [0.4, 0.5) is 4.79 Å². The van der Waals surface area contributed by atoms with Crippen LogP contribution in [0.5, 0.6) is 5.88 Å². The first-order valence-electron chi connectivity index (χ1n) is 15.3. The summed E-state index contributed by atoms with van der Waals surface area (Å²) in [7, 11) is 0. The van der Waals surface area contributed by atoms with Crippen molar-refractivity contribution in [3.8, 4) is 16.5 Å². The van der Waals surface area contributed by atoms with Gasteiger partial charge in [0.1, 0.15) is 29.4 Å². The third-order valence-electron chi connectivity index (χ3n) is 8.92. The first kappa shape index (κ1) is 31.4. The number of aliphatic carboxylic acids is 1. The summed E-state index contributed by atoms with van der Waals surface area (Å²) in [6.07, 6.45) is 1.74. The number of carbonyl (C=O) groups excluding carboxylic acids is 3. The third-order valence-corrected chi connectivity index (χ3v) is 9.79. The van der Waals surface area contributed by atoms with Crippen LogP contribution in [0.3, 0.4) is 0 Å². The van der Waals surface area contributed by atoms with E-state index in [9.17, 15) is 29.5 Å². The highest BCUT2D eigenvalue weighted by atomic mass is 32.1. The predicted octanol–water partition coefficient (Wildman–Crippen LogP) is 3.39. The van der Waals surface area contributed by atoms with Crippen molar-refractivity contribution in [2.45, 2.75) is 56.8 Å². The number of nitrogens with zero attached hydrogens (tertiary/aromatic N) is 5. The predicted molar refractivity (Wildman–Crippen MR) is 168 cm³/mol. The Morgan fingerprint density at radius 2 is 1.87 bits per heavy atom. The lowest BCUT2D eigenvalue weighted by Gasteiger charge is -2.38. The Kier molecular flexibility index (Phi) is 8.42. The summed E-state index contributed by atoms with van der Waals surface area (Å²) in [5.74, 6) is -3.26. The third kappa shape index (κ3) is 5.66. The molecule has 2 saturated heterocycles. The molecule has 4 amide bonds. The molecule has 2 aliphatic heterocycles. The highest BCUT2D eigenvalue weighted by Crippen LogP contribution is 2.45. The van der Waals surface area contributed by atoms with E-state index in [0.717, 1.165) is 11.3 Å². The van der Waals surface area contributed by atoms with Gasteiger partial charge in [0, 0.05) is 25.4 Å². The zero-order chi connectivity index (χ0) is 32.7. The Morgan fingerprint density at radius 3 is 2.43 bits per heavy atom. The number of aromatic nitrogens is 2. The minimum atomic E-state index is -1.52. The number of urea groups is 1. The molecule has 3 N–H and O–H groups in total. The van der Waals surface area contributed by atoms with Gasteiger partial charge in [-0.3, -0.25) is 14.8 Å². The van der Waals surface area contributed by atoms with E-state index in [1.165, 1.54) is 27.2 Å². The first-order chi connectivity index (χ1) is 22.0. The number of nitrogens with one attached hydrogen (secondary N) is 1. The minimum Gasteiger partial charge on any atom is -0.479 e. The van der Waals surface area contributed by atoms with Crippen LogP contribution in [-0.4, -0.2) is 102 Å². The van der Waals surface area contributed by atoms with E-state index in [2.05, 4.69) is 11.9 Å². The Morgan fingerprint density at radius 1 is 1.15 bits per heavy atom. The molecule has 3 aromatic rings. The summed E-state index contributed by atoms with van der Waals surface area (Å²) in [6, 6.07) is 8.01. The number of hydrogen-bond acceptors (Lipinski definition) is 9. The molecule has 14 heteroatoms. The van der Waals surface area contributed by atoms with Gasteiger partial charge in [-0.05, 0) is 42.3 Å². The number of carboxylic acid groups (broad SMARTS) is 1. The van der Waals surface area contributed by atoms with Crippen molar-refractivity contribution in [1.29, 1.82) is 0 Å². The Bertz CT molecular complexity index is 1680. The van der Waals surface area contributed by atoms with E-state index in [1.807, 2.05) is 41.8 Å². The molecule has 3 aliphatic rings. The molecule has 46 heavy (non-hydrogen) atoms. The second kappa shape index (κ2) is 12.3. The highest BCUT2D eigenvalue weighted by Gasteiger charge is 2.61. The van der Waals surface area contributed by atoms with Gasteiger partial charge in [0.15, 0.2) is 0 Å². The summed E-state index contributed by atoms with van der Waals surface area (Å²) in [4.78, 5) is 66.2. The normalized spacial score (nSPS) is 24.3. The molecular weight excluding hydrogens is 612 g/mol. The van der Waals surface area contributed by atoms with E-state index in [4.69, 9.17) is 14.7 Å². The molecule has 0 bridgehead atoms. The molecule has 1 aliphatic carbocycles. The smallest absolute Gasteiger partial charge is 0.344 e. The molecular formula is C32H36N6O7S. The molecule has 5 atom stereocenters. The average molecular weight is 649 g/mol. The Balaban J connectivity index is 1.32. The summed E-state index contributed by atoms with van der Waals surface area (Å²) in [5, 5.41) is 25.9. The molecule has 1 saturated carbocycles. The summed E-state index contributed by atoms with van der Waals surface area (Å²) >= 11 is 1.46. The fraction of sp³-hybridized carbons (Fsp3) is 0.438. The van der Waals surface area contributed by atoms with E-state index < -0.39 is 59.4 Å². The van der Waals surface area contributed by atoms with Crippen molar-refractivity contribution in [3.63, 3.8) is 0 Å². The van der Waals surface area contributed by atoms with Gasteiger partial charge < -0.3 is 25.0 Å². The molecule has 2 aromatic heterocycles. The molecule has 242 valence electrons. The van der Waals surface area contributed by atoms with Crippen molar-refractivity contribution in [2.24, 2.45) is 11.8 Å². The maximum Gasteiger partial charge on any atom is 0.344 e. The Hall–Kier alpha value is -4.56. The molecule has 0 radical (unpaired) electrons. The van der Waals surface area contributed by atoms with Gasteiger partial charge in [-0.1, -0.05) is 38.1 Å². The lowest BCUT2D eigenvalue weighted by molar-refractivity contribution is -0.160. The number of hydroxylamine groups is 2. The molecule has 3 fully saturated rings. The van der Waals surface area contributed by atoms with Crippen LogP contribution < -0.4 is 10.1 Å². The summed E-state index contributed by atoms with van der Waals surface area (Å²) in [6.45, 7) is 7.95. The van der Waals surface area contributed by atoms with Crippen molar-refractivity contribution >= 4 is 46.2 Å².